The van der Waals surface area contributed by atoms with E-state index < -0.39 is 0 Å². The monoisotopic (exact) mass is 454 g/mol. The molecule has 2 fully saturated rings. The summed E-state index contributed by atoms with van der Waals surface area (Å²) in [5.41, 5.74) is 6.27. The van der Waals surface area contributed by atoms with Gasteiger partial charge in [-0.1, -0.05) is 6.42 Å². The number of hydrogen-bond acceptors (Lipinski definition) is 6. The lowest BCUT2D eigenvalue weighted by atomic mass is 9.91. The van der Waals surface area contributed by atoms with Crippen LogP contribution in [0, 0.1) is 0 Å². The maximum Gasteiger partial charge on any atom is 0.213 e. The molecule has 1 N–H and O–H groups in total. The molecule has 6 rings (SSSR count). The van der Waals surface area contributed by atoms with Crippen LogP contribution in [0.3, 0.4) is 0 Å². The van der Waals surface area contributed by atoms with Crippen molar-refractivity contribution in [2.45, 2.75) is 25.3 Å². The Morgan fingerprint density at radius 3 is 2.47 bits per heavy atom. The summed E-state index contributed by atoms with van der Waals surface area (Å²) in [4.78, 5) is 14.0. The van der Waals surface area contributed by atoms with Gasteiger partial charge in [0, 0.05) is 73.8 Å². The second-order valence-corrected chi connectivity index (χ2v) is 9.12. The van der Waals surface area contributed by atoms with Crippen molar-refractivity contribution in [3.8, 4) is 17.1 Å². The SMILES string of the molecule is COc1cc(-c2ccc(Nc3ccc(N4CCN(C5CCC5)CC4)cc3)c3nccn23)ccn1. The standard InChI is InChI=1S/C27H30N6O/c1-34-26-19-20(11-12-28-26)25-10-9-24(27-29-13-14-33(25)27)30-21-5-7-23(8-6-21)32-17-15-31(16-18-32)22-3-2-4-22/h5-14,19,22,30H,2-4,15-18H2,1H3. The van der Waals surface area contributed by atoms with Gasteiger partial charge in [0.2, 0.25) is 5.88 Å². The minimum absolute atomic E-state index is 0.595. The highest BCUT2D eigenvalue weighted by Gasteiger charge is 2.27. The normalized spacial score (nSPS) is 17.0. The Kier molecular flexibility index (Phi) is 5.55. The summed E-state index contributed by atoms with van der Waals surface area (Å²) < 4.78 is 7.39. The first-order valence-corrected chi connectivity index (χ1v) is 12.1. The van der Waals surface area contributed by atoms with Gasteiger partial charge in [0.25, 0.3) is 0 Å². The number of hydrogen-bond donors (Lipinski definition) is 1. The number of ether oxygens (including phenoxy) is 1. The van der Waals surface area contributed by atoms with Crippen LogP contribution < -0.4 is 15.0 Å². The molecule has 3 aromatic heterocycles. The summed E-state index contributed by atoms with van der Waals surface area (Å²) in [6, 6.07) is 17.7. The van der Waals surface area contributed by atoms with Gasteiger partial charge in [-0.3, -0.25) is 9.30 Å². The van der Waals surface area contributed by atoms with E-state index in [-0.39, 0.29) is 0 Å². The fourth-order valence-corrected chi connectivity index (χ4v) is 5.04. The highest BCUT2D eigenvalue weighted by molar-refractivity contribution is 5.78. The number of pyridine rings is 2. The van der Waals surface area contributed by atoms with Crippen LogP contribution >= 0.6 is 0 Å². The highest BCUT2D eigenvalue weighted by atomic mass is 16.5. The van der Waals surface area contributed by atoms with Crippen molar-refractivity contribution in [1.29, 1.82) is 0 Å². The minimum Gasteiger partial charge on any atom is -0.481 e. The summed E-state index contributed by atoms with van der Waals surface area (Å²) in [5, 5.41) is 3.55. The molecule has 174 valence electrons. The number of nitrogens with zero attached hydrogens (tertiary/aromatic N) is 5. The molecule has 0 amide bonds. The molecule has 7 heteroatoms. The molecule has 1 aliphatic heterocycles. The van der Waals surface area contributed by atoms with Crippen LogP contribution in [0.1, 0.15) is 19.3 Å². The molecule has 4 aromatic rings. The molecule has 34 heavy (non-hydrogen) atoms. The van der Waals surface area contributed by atoms with Crippen LogP contribution in [0.2, 0.25) is 0 Å². The molecule has 0 bridgehead atoms. The van der Waals surface area contributed by atoms with Gasteiger partial charge < -0.3 is 15.0 Å². The predicted molar refractivity (Wildman–Crippen MR) is 136 cm³/mol. The molecule has 1 aromatic carbocycles. The van der Waals surface area contributed by atoms with E-state index in [1.54, 1.807) is 13.3 Å². The smallest absolute Gasteiger partial charge is 0.213 e. The summed E-state index contributed by atoms with van der Waals surface area (Å²) in [6.45, 7) is 4.58. The zero-order valence-electron chi connectivity index (χ0n) is 19.5. The third kappa shape index (κ3) is 3.96. The van der Waals surface area contributed by atoms with Crippen LogP contribution in [0.15, 0.2) is 67.1 Å². The number of anilines is 3. The summed E-state index contributed by atoms with van der Waals surface area (Å²) >= 11 is 0. The Labute approximate surface area is 200 Å². The van der Waals surface area contributed by atoms with Gasteiger partial charge in [-0.25, -0.2) is 9.97 Å². The summed E-state index contributed by atoms with van der Waals surface area (Å²) in [6.07, 6.45) is 9.76. The van der Waals surface area contributed by atoms with Gasteiger partial charge in [-0.2, -0.15) is 0 Å². The molecule has 0 unspecified atom stereocenters. The van der Waals surface area contributed by atoms with E-state index in [0.29, 0.717) is 5.88 Å². The van der Waals surface area contributed by atoms with E-state index in [9.17, 15) is 0 Å². The van der Waals surface area contributed by atoms with Crippen LogP contribution in [0.5, 0.6) is 5.88 Å². The largest absolute Gasteiger partial charge is 0.481 e. The van der Waals surface area contributed by atoms with Gasteiger partial charge in [-0.15, -0.1) is 0 Å². The van der Waals surface area contributed by atoms with Crippen molar-refractivity contribution >= 4 is 22.7 Å². The van der Waals surface area contributed by atoms with Gasteiger partial charge in [0.05, 0.1) is 18.5 Å². The van der Waals surface area contributed by atoms with E-state index in [4.69, 9.17) is 4.74 Å². The van der Waals surface area contributed by atoms with Crippen LogP contribution in [0.25, 0.3) is 16.9 Å². The number of aromatic nitrogens is 3. The number of benzene rings is 1. The number of imidazole rings is 1. The summed E-state index contributed by atoms with van der Waals surface area (Å²) in [7, 11) is 1.63. The fourth-order valence-electron chi connectivity index (χ4n) is 5.04. The van der Waals surface area contributed by atoms with Crippen LogP contribution in [-0.4, -0.2) is 58.6 Å². The van der Waals surface area contributed by atoms with E-state index in [0.717, 1.165) is 47.4 Å². The van der Waals surface area contributed by atoms with Gasteiger partial charge in [0.15, 0.2) is 5.65 Å². The Hall–Kier alpha value is -3.58. The Bertz CT molecular complexity index is 1270. The van der Waals surface area contributed by atoms with Crippen molar-refractivity contribution in [3.63, 3.8) is 0 Å². The van der Waals surface area contributed by atoms with Crippen molar-refractivity contribution in [2.75, 3.05) is 43.5 Å². The molecule has 4 heterocycles. The molecular weight excluding hydrogens is 424 g/mol. The van der Waals surface area contributed by atoms with E-state index >= 15 is 0 Å². The Morgan fingerprint density at radius 2 is 1.74 bits per heavy atom. The molecule has 0 spiro atoms. The molecular formula is C27H30N6O. The topological polar surface area (TPSA) is 57.9 Å². The third-order valence-electron chi connectivity index (χ3n) is 7.21. The lowest BCUT2D eigenvalue weighted by Gasteiger charge is -2.43. The molecule has 2 aliphatic rings. The van der Waals surface area contributed by atoms with Gasteiger partial charge in [-0.05, 0) is 55.3 Å². The lowest BCUT2D eigenvalue weighted by molar-refractivity contribution is 0.120. The van der Waals surface area contributed by atoms with E-state index in [1.807, 2.05) is 24.5 Å². The molecule has 1 saturated heterocycles. The maximum atomic E-state index is 5.30. The fraction of sp³-hybridized carbons (Fsp3) is 0.333. The number of rotatable bonds is 6. The van der Waals surface area contributed by atoms with Crippen molar-refractivity contribution in [1.82, 2.24) is 19.3 Å². The maximum absolute atomic E-state index is 5.30. The number of piperazine rings is 1. The molecule has 0 radical (unpaired) electrons. The molecule has 0 atom stereocenters. The third-order valence-corrected chi connectivity index (χ3v) is 7.21. The summed E-state index contributed by atoms with van der Waals surface area (Å²) in [5.74, 6) is 0.595. The van der Waals surface area contributed by atoms with Crippen LogP contribution in [0.4, 0.5) is 17.1 Å². The Morgan fingerprint density at radius 1 is 0.912 bits per heavy atom. The first-order valence-electron chi connectivity index (χ1n) is 12.1. The zero-order valence-corrected chi connectivity index (χ0v) is 19.5. The van der Waals surface area contributed by atoms with Gasteiger partial charge in [0.1, 0.15) is 0 Å². The molecule has 7 nitrogen and oxygen atoms in total. The quantitative estimate of drug-likeness (QED) is 0.451. The van der Waals surface area contributed by atoms with E-state index in [2.05, 4.69) is 65.9 Å². The highest BCUT2D eigenvalue weighted by Crippen LogP contribution is 2.30. The average Bonchev–Trinajstić information content (AvgIpc) is 3.35. The second-order valence-electron chi connectivity index (χ2n) is 9.12. The van der Waals surface area contributed by atoms with Crippen LogP contribution in [-0.2, 0) is 0 Å². The number of fused-ring (bicyclic) bond motifs is 1. The first kappa shape index (κ1) is 21.0. The second kappa shape index (κ2) is 8.99. The molecule has 1 saturated carbocycles. The Balaban J connectivity index is 1.18. The zero-order chi connectivity index (χ0) is 22.9. The predicted octanol–water partition coefficient (Wildman–Crippen LogP) is 4.82. The van der Waals surface area contributed by atoms with Crippen molar-refractivity contribution in [3.05, 3.63) is 67.1 Å². The molecule has 1 aliphatic carbocycles. The minimum atomic E-state index is 0.595. The average molecular weight is 455 g/mol. The lowest BCUT2D eigenvalue weighted by Crippen LogP contribution is -2.52. The van der Waals surface area contributed by atoms with Gasteiger partial charge >= 0.3 is 0 Å². The van der Waals surface area contributed by atoms with Crippen molar-refractivity contribution < 1.29 is 4.74 Å². The van der Waals surface area contributed by atoms with E-state index in [1.165, 1.54) is 38.0 Å². The first-order chi connectivity index (χ1) is 16.8. The van der Waals surface area contributed by atoms with Crippen molar-refractivity contribution in [2.24, 2.45) is 0 Å². The number of methoxy groups -OCH3 is 1. The number of nitrogens with one attached hydrogen (secondary N) is 1.